The van der Waals surface area contributed by atoms with Crippen LogP contribution in [0.25, 0.3) is 0 Å². The Balaban J connectivity index is 1.97. The summed E-state index contributed by atoms with van der Waals surface area (Å²) in [4.78, 5) is 14.7. The maximum atomic E-state index is 12.3. The molecule has 2 aromatic rings. The Morgan fingerprint density at radius 2 is 2.15 bits per heavy atom. The fourth-order valence-corrected chi connectivity index (χ4v) is 4.40. The summed E-state index contributed by atoms with van der Waals surface area (Å²) in [5.74, 6) is 3.88. The Hall–Kier alpha value is -2.49. The second-order valence-electron chi connectivity index (χ2n) is 6.17. The zero-order valence-corrected chi connectivity index (χ0v) is 15.8. The standard InChI is InChI=1S/C20H22N2O3S/c1-4-8-21-19(23)13-22-9-7-14-11-16(24-2)17(25-3)12-15(14)20(22)18-6-5-10-26-18/h1,5-6,10-12,20H,7-9,13H2,2-3H3,(H,21,23)/p+1/t20-/m0/s1. The highest BCUT2D eigenvalue weighted by molar-refractivity contribution is 7.10. The number of amides is 1. The molecule has 6 heteroatoms. The molecule has 1 aliphatic rings. The van der Waals surface area contributed by atoms with E-state index in [4.69, 9.17) is 15.9 Å². The molecule has 0 aliphatic carbocycles. The lowest BCUT2D eigenvalue weighted by molar-refractivity contribution is -0.919. The number of thiophene rings is 1. The van der Waals surface area contributed by atoms with Gasteiger partial charge < -0.3 is 19.7 Å². The van der Waals surface area contributed by atoms with Crippen LogP contribution in [0.3, 0.4) is 0 Å². The second-order valence-corrected chi connectivity index (χ2v) is 7.15. The predicted molar refractivity (Wildman–Crippen MR) is 102 cm³/mol. The molecule has 0 saturated heterocycles. The molecule has 0 fully saturated rings. The number of carbonyl (C=O) groups excluding carboxylic acids is 1. The van der Waals surface area contributed by atoms with Gasteiger partial charge in [0.25, 0.3) is 5.91 Å². The van der Waals surface area contributed by atoms with Crippen LogP contribution >= 0.6 is 11.3 Å². The lowest BCUT2D eigenvalue weighted by Crippen LogP contribution is -3.14. The lowest BCUT2D eigenvalue weighted by atomic mass is 9.91. The third-order valence-corrected chi connectivity index (χ3v) is 5.62. The number of methoxy groups -OCH3 is 2. The molecule has 1 aromatic heterocycles. The summed E-state index contributed by atoms with van der Waals surface area (Å²) in [5, 5.41) is 4.84. The number of benzene rings is 1. The highest BCUT2D eigenvalue weighted by atomic mass is 32.1. The minimum atomic E-state index is -0.0246. The molecule has 2 N–H and O–H groups in total. The van der Waals surface area contributed by atoms with Crippen molar-refractivity contribution in [1.82, 2.24) is 5.32 Å². The van der Waals surface area contributed by atoms with Crippen LogP contribution in [-0.4, -0.2) is 39.8 Å². The van der Waals surface area contributed by atoms with Crippen molar-refractivity contribution < 1.29 is 19.2 Å². The van der Waals surface area contributed by atoms with Crippen LogP contribution in [-0.2, 0) is 11.2 Å². The maximum Gasteiger partial charge on any atom is 0.275 e. The van der Waals surface area contributed by atoms with E-state index < -0.39 is 0 Å². The van der Waals surface area contributed by atoms with Crippen LogP contribution in [0, 0.1) is 12.3 Å². The highest BCUT2D eigenvalue weighted by Gasteiger charge is 2.35. The van der Waals surface area contributed by atoms with Crippen molar-refractivity contribution in [2.45, 2.75) is 12.5 Å². The molecule has 0 radical (unpaired) electrons. The van der Waals surface area contributed by atoms with E-state index in [1.807, 2.05) is 6.07 Å². The number of terminal acetylenes is 1. The first-order valence-corrected chi connectivity index (χ1v) is 9.38. The molecular weight excluding hydrogens is 348 g/mol. The molecule has 2 heterocycles. The first-order valence-electron chi connectivity index (χ1n) is 8.50. The summed E-state index contributed by atoms with van der Waals surface area (Å²) in [6.07, 6.45) is 6.13. The first kappa shape index (κ1) is 18.3. The van der Waals surface area contributed by atoms with E-state index in [-0.39, 0.29) is 18.5 Å². The Morgan fingerprint density at radius 1 is 1.38 bits per heavy atom. The summed E-state index contributed by atoms with van der Waals surface area (Å²) in [5.41, 5.74) is 2.44. The monoisotopic (exact) mass is 371 g/mol. The smallest absolute Gasteiger partial charge is 0.275 e. The van der Waals surface area contributed by atoms with Crippen molar-refractivity contribution in [2.24, 2.45) is 0 Å². The van der Waals surface area contributed by atoms with Crippen LogP contribution in [0.2, 0.25) is 0 Å². The first-order chi connectivity index (χ1) is 12.7. The fourth-order valence-electron chi connectivity index (χ4n) is 3.50. The summed E-state index contributed by atoms with van der Waals surface area (Å²) in [6, 6.07) is 8.38. The van der Waals surface area contributed by atoms with E-state index in [9.17, 15) is 4.79 Å². The molecular formula is C20H23N2O3S+. The van der Waals surface area contributed by atoms with Gasteiger partial charge in [-0.15, -0.1) is 17.8 Å². The molecule has 26 heavy (non-hydrogen) atoms. The normalized spacial score (nSPS) is 18.5. The molecule has 0 saturated carbocycles. The van der Waals surface area contributed by atoms with Gasteiger partial charge in [0.05, 0.1) is 32.2 Å². The molecule has 0 spiro atoms. The van der Waals surface area contributed by atoms with Gasteiger partial charge in [-0.05, 0) is 29.1 Å². The van der Waals surface area contributed by atoms with Crippen molar-refractivity contribution in [3.63, 3.8) is 0 Å². The average molecular weight is 371 g/mol. The molecule has 136 valence electrons. The topological polar surface area (TPSA) is 52.0 Å². The Bertz CT molecular complexity index is 811. The van der Waals surface area contributed by atoms with Gasteiger partial charge in [0.2, 0.25) is 0 Å². The summed E-state index contributed by atoms with van der Waals surface area (Å²) >= 11 is 1.71. The van der Waals surface area contributed by atoms with E-state index >= 15 is 0 Å². The van der Waals surface area contributed by atoms with Gasteiger partial charge in [0.15, 0.2) is 18.0 Å². The maximum absolute atomic E-state index is 12.3. The van der Waals surface area contributed by atoms with Crippen molar-refractivity contribution in [2.75, 3.05) is 33.9 Å². The van der Waals surface area contributed by atoms with Gasteiger partial charge in [0, 0.05) is 12.0 Å². The minimum Gasteiger partial charge on any atom is -0.493 e. The van der Waals surface area contributed by atoms with Crippen molar-refractivity contribution in [1.29, 1.82) is 0 Å². The number of hydrogen-bond donors (Lipinski definition) is 2. The van der Waals surface area contributed by atoms with E-state index in [2.05, 4.69) is 34.8 Å². The van der Waals surface area contributed by atoms with Crippen LogP contribution in [0.4, 0.5) is 0 Å². The largest absolute Gasteiger partial charge is 0.493 e. The molecule has 1 aliphatic heterocycles. The average Bonchev–Trinajstić information content (AvgIpc) is 3.19. The molecule has 1 aromatic carbocycles. The Morgan fingerprint density at radius 3 is 2.81 bits per heavy atom. The van der Waals surface area contributed by atoms with Gasteiger partial charge in [-0.1, -0.05) is 12.0 Å². The van der Waals surface area contributed by atoms with E-state index in [1.54, 1.807) is 25.6 Å². The van der Waals surface area contributed by atoms with E-state index in [0.29, 0.717) is 12.3 Å². The molecule has 5 nitrogen and oxygen atoms in total. The molecule has 0 bridgehead atoms. The summed E-state index contributed by atoms with van der Waals surface area (Å²) in [7, 11) is 3.29. The van der Waals surface area contributed by atoms with Crippen LogP contribution in [0.5, 0.6) is 11.5 Å². The van der Waals surface area contributed by atoms with Gasteiger partial charge in [-0.2, -0.15) is 0 Å². The number of carbonyl (C=O) groups is 1. The second kappa shape index (κ2) is 8.26. The van der Waals surface area contributed by atoms with Crippen molar-refractivity contribution in [3.05, 3.63) is 45.6 Å². The quantitative estimate of drug-likeness (QED) is 0.747. The number of nitrogens with one attached hydrogen (secondary N) is 2. The number of quaternary nitrogens is 1. The van der Waals surface area contributed by atoms with Crippen LogP contribution < -0.4 is 19.7 Å². The third-order valence-electron chi connectivity index (χ3n) is 4.68. The molecule has 1 unspecified atom stereocenters. The fraction of sp³-hybridized carbons (Fsp3) is 0.350. The zero-order chi connectivity index (χ0) is 18.5. The van der Waals surface area contributed by atoms with Crippen LogP contribution in [0.1, 0.15) is 22.0 Å². The number of ether oxygens (including phenoxy) is 2. The summed E-state index contributed by atoms with van der Waals surface area (Å²) in [6.45, 7) is 1.52. The number of hydrogen-bond acceptors (Lipinski definition) is 4. The molecule has 3 rings (SSSR count). The van der Waals surface area contributed by atoms with Gasteiger partial charge >= 0.3 is 0 Å². The summed E-state index contributed by atoms with van der Waals surface area (Å²) < 4.78 is 11.0. The van der Waals surface area contributed by atoms with Gasteiger partial charge in [0.1, 0.15) is 6.04 Å². The van der Waals surface area contributed by atoms with E-state index in [1.165, 1.54) is 20.9 Å². The van der Waals surface area contributed by atoms with Gasteiger partial charge in [-0.25, -0.2) is 0 Å². The number of rotatable bonds is 6. The van der Waals surface area contributed by atoms with Crippen molar-refractivity contribution >= 4 is 17.2 Å². The number of fused-ring (bicyclic) bond motifs is 1. The SMILES string of the molecule is C#CCNC(=O)C[NH+]1CCc2cc(OC)c(OC)cc2[C@H]1c1cccs1. The van der Waals surface area contributed by atoms with E-state index in [0.717, 1.165) is 18.7 Å². The third kappa shape index (κ3) is 3.69. The highest BCUT2D eigenvalue weighted by Crippen LogP contribution is 2.36. The Kier molecular flexibility index (Phi) is 5.82. The Labute approximate surface area is 157 Å². The predicted octanol–water partition coefficient (Wildman–Crippen LogP) is 1.05. The zero-order valence-electron chi connectivity index (χ0n) is 15.0. The lowest BCUT2D eigenvalue weighted by Gasteiger charge is -2.34. The molecule has 1 amide bonds. The van der Waals surface area contributed by atoms with Gasteiger partial charge in [-0.3, -0.25) is 4.79 Å². The minimum absolute atomic E-state index is 0.0246. The molecule has 2 atom stereocenters. The van der Waals surface area contributed by atoms with Crippen molar-refractivity contribution in [3.8, 4) is 23.8 Å². The van der Waals surface area contributed by atoms with Crippen LogP contribution in [0.15, 0.2) is 29.6 Å².